The van der Waals surface area contributed by atoms with E-state index in [0.29, 0.717) is 4.96 Å². The van der Waals surface area contributed by atoms with Crippen molar-refractivity contribution in [1.82, 2.24) is 13.7 Å². The summed E-state index contributed by atoms with van der Waals surface area (Å²) < 4.78 is 27.3. The van der Waals surface area contributed by atoms with Crippen molar-refractivity contribution in [3.8, 4) is 0 Å². The van der Waals surface area contributed by atoms with Gasteiger partial charge in [0.05, 0.1) is 6.61 Å². The van der Waals surface area contributed by atoms with Crippen LogP contribution in [0.4, 0.5) is 5.82 Å². The molecule has 0 aliphatic carbocycles. The lowest BCUT2D eigenvalue weighted by atomic mass is 10.4. The topological polar surface area (TPSA) is 101 Å². The smallest absolute Gasteiger partial charge is 0.262 e. The molecule has 0 saturated carbocycles. The first-order valence-electron chi connectivity index (χ1n) is 5.19. The fraction of sp³-hybridized carbons (Fsp3) is 0.444. The predicted octanol–water partition coefficient (Wildman–Crippen LogP) is -0.0207. The monoisotopic (exact) mass is 290 g/mol. The lowest BCUT2D eigenvalue weighted by Gasteiger charge is -2.22. The van der Waals surface area contributed by atoms with E-state index >= 15 is 0 Å². The molecular formula is C9H14N4O3S2. The third kappa shape index (κ3) is 1.88. The van der Waals surface area contributed by atoms with E-state index in [2.05, 4.69) is 4.98 Å². The molecule has 0 spiro atoms. The van der Waals surface area contributed by atoms with Crippen LogP contribution in [0.1, 0.15) is 6.92 Å². The fourth-order valence-corrected chi connectivity index (χ4v) is 3.82. The summed E-state index contributed by atoms with van der Waals surface area (Å²) >= 11 is 1.30. The Kier molecular flexibility index (Phi) is 3.32. The first-order valence-corrected chi connectivity index (χ1v) is 7.51. The minimum atomic E-state index is -3.78. The zero-order chi connectivity index (χ0) is 13.5. The first kappa shape index (κ1) is 13.3. The molecule has 0 fully saturated rings. The Morgan fingerprint density at radius 2 is 2.33 bits per heavy atom. The summed E-state index contributed by atoms with van der Waals surface area (Å²) in [6.07, 6.45) is 1.60. The second-order valence-corrected chi connectivity index (χ2v) is 6.70. The van der Waals surface area contributed by atoms with E-state index in [-0.39, 0.29) is 17.5 Å². The standard InChI is InChI=1S/C9H14N4O3S2/c1-6(5-14)12(2)18(15,16)8-7(10)11-9-13(8)3-4-17-9/h3-4,6,14H,5,10H2,1-2H3. The molecule has 2 aromatic rings. The van der Waals surface area contributed by atoms with E-state index in [0.717, 1.165) is 4.31 Å². The molecule has 1 unspecified atom stereocenters. The van der Waals surface area contributed by atoms with Crippen LogP contribution < -0.4 is 5.73 Å². The molecule has 0 bridgehead atoms. The van der Waals surface area contributed by atoms with Gasteiger partial charge in [0.1, 0.15) is 0 Å². The van der Waals surface area contributed by atoms with Gasteiger partial charge in [-0.15, -0.1) is 11.3 Å². The number of nitrogen functional groups attached to an aromatic ring is 1. The quantitative estimate of drug-likeness (QED) is 0.824. The number of anilines is 1. The summed E-state index contributed by atoms with van der Waals surface area (Å²) in [7, 11) is -2.37. The maximum atomic E-state index is 12.4. The van der Waals surface area contributed by atoms with Crippen LogP contribution in [0.15, 0.2) is 16.6 Å². The lowest BCUT2D eigenvalue weighted by Crippen LogP contribution is -2.38. The van der Waals surface area contributed by atoms with Crippen LogP contribution in [0.3, 0.4) is 0 Å². The highest BCUT2D eigenvalue weighted by Crippen LogP contribution is 2.26. The molecule has 18 heavy (non-hydrogen) atoms. The number of aliphatic hydroxyl groups excluding tert-OH is 1. The van der Waals surface area contributed by atoms with E-state index < -0.39 is 16.1 Å². The predicted molar refractivity (Wildman–Crippen MR) is 69.0 cm³/mol. The molecular weight excluding hydrogens is 276 g/mol. The summed E-state index contributed by atoms with van der Waals surface area (Å²) in [4.78, 5) is 4.52. The van der Waals surface area contributed by atoms with Gasteiger partial charge in [-0.05, 0) is 6.92 Å². The molecule has 0 aromatic carbocycles. The molecule has 0 aliphatic rings. The molecule has 2 aromatic heterocycles. The van der Waals surface area contributed by atoms with E-state index in [4.69, 9.17) is 10.8 Å². The number of likely N-dealkylation sites (N-methyl/N-ethyl adjacent to an activating group) is 1. The number of thiazole rings is 1. The molecule has 0 amide bonds. The van der Waals surface area contributed by atoms with Gasteiger partial charge in [0.25, 0.3) is 10.0 Å². The third-order valence-electron chi connectivity index (χ3n) is 2.75. The highest BCUT2D eigenvalue weighted by molar-refractivity contribution is 7.89. The van der Waals surface area contributed by atoms with Crippen LogP contribution >= 0.6 is 11.3 Å². The van der Waals surface area contributed by atoms with Crippen molar-refractivity contribution < 1.29 is 13.5 Å². The van der Waals surface area contributed by atoms with Gasteiger partial charge in [-0.2, -0.15) is 4.31 Å². The van der Waals surface area contributed by atoms with Crippen LogP contribution in [0, 0.1) is 0 Å². The zero-order valence-corrected chi connectivity index (χ0v) is 11.6. The van der Waals surface area contributed by atoms with Crippen LogP contribution in [0.5, 0.6) is 0 Å². The number of hydrogen-bond acceptors (Lipinski definition) is 6. The minimum absolute atomic E-state index is 0.0289. The number of nitrogens with zero attached hydrogens (tertiary/aromatic N) is 3. The average Bonchev–Trinajstić information content (AvgIpc) is 2.85. The van der Waals surface area contributed by atoms with Crippen molar-refractivity contribution in [2.45, 2.75) is 18.0 Å². The van der Waals surface area contributed by atoms with Gasteiger partial charge < -0.3 is 10.8 Å². The molecule has 7 nitrogen and oxygen atoms in total. The highest BCUT2D eigenvalue weighted by Gasteiger charge is 2.31. The number of hydrogen-bond donors (Lipinski definition) is 2. The molecule has 2 heterocycles. The number of imidazole rings is 1. The van der Waals surface area contributed by atoms with Crippen LogP contribution in [0.2, 0.25) is 0 Å². The van der Waals surface area contributed by atoms with Crippen molar-refractivity contribution in [2.24, 2.45) is 0 Å². The number of fused-ring (bicyclic) bond motifs is 1. The Balaban J connectivity index is 2.59. The molecule has 0 radical (unpaired) electrons. The minimum Gasteiger partial charge on any atom is -0.395 e. The SMILES string of the molecule is CC(CO)N(C)S(=O)(=O)c1c(N)nc2sccn12. The van der Waals surface area contributed by atoms with Gasteiger partial charge in [0.15, 0.2) is 15.8 Å². The Labute approximate surface area is 109 Å². The molecule has 9 heteroatoms. The van der Waals surface area contributed by atoms with Gasteiger partial charge in [-0.3, -0.25) is 4.40 Å². The Morgan fingerprint density at radius 1 is 1.67 bits per heavy atom. The summed E-state index contributed by atoms with van der Waals surface area (Å²) in [5.41, 5.74) is 5.67. The molecule has 0 aliphatic heterocycles. The van der Waals surface area contributed by atoms with Gasteiger partial charge in [0.2, 0.25) is 0 Å². The Hall–Kier alpha value is -1.16. The van der Waals surface area contributed by atoms with Gasteiger partial charge in [-0.25, -0.2) is 13.4 Å². The van der Waals surface area contributed by atoms with Gasteiger partial charge in [0, 0.05) is 24.7 Å². The Morgan fingerprint density at radius 3 is 2.94 bits per heavy atom. The summed E-state index contributed by atoms with van der Waals surface area (Å²) in [5, 5.41) is 10.7. The van der Waals surface area contributed by atoms with Crippen molar-refractivity contribution in [3.63, 3.8) is 0 Å². The molecule has 1 atom stereocenters. The number of rotatable bonds is 4. The molecule has 2 rings (SSSR count). The highest BCUT2D eigenvalue weighted by atomic mass is 32.2. The lowest BCUT2D eigenvalue weighted by molar-refractivity contribution is 0.213. The molecule has 100 valence electrons. The second kappa shape index (κ2) is 4.50. The maximum absolute atomic E-state index is 12.4. The van der Waals surface area contributed by atoms with Crippen molar-refractivity contribution in [3.05, 3.63) is 11.6 Å². The third-order valence-corrected chi connectivity index (χ3v) is 5.52. The van der Waals surface area contributed by atoms with Crippen LogP contribution in [-0.4, -0.2) is 46.9 Å². The van der Waals surface area contributed by atoms with Gasteiger partial charge in [-0.1, -0.05) is 0 Å². The normalized spacial score (nSPS) is 14.4. The zero-order valence-electron chi connectivity index (χ0n) is 9.94. The molecule has 0 saturated heterocycles. The first-order chi connectivity index (χ1) is 8.39. The van der Waals surface area contributed by atoms with E-state index in [1.54, 1.807) is 18.5 Å². The van der Waals surface area contributed by atoms with Crippen molar-refractivity contribution >= 4 is 32.1 Å². The van der Waals surface area contributed by atoms with Crippen molar-refractivity contribution in [2.75, 3.05) is 19.4 Å². The largest absolute Gasteiger partial charge is 0.395 e. The summed E-state index contributed by atoms with van der Waals surface area (Å²) in [6, 6.07) is -0.529. The average molecular weight is 290 g/mol. The van der Waals surface area contributed by atoms with Crippen molar-refractivity contribution in [1.29, 1.82) is 0 Å². The molecule has 3 N–H and O–H groups in total. The fourth-order valence-electron chi connectivity index (χ4n) is 1.53. The summed E-state index contributed by atoms with van der Waals surface area (Å²) in [5.74, 6) is -0.0289. The van der Waals surface area contributed by atoms with Crippen LogP contribution in [-0.2, 0) is 10.0 Å². The second-order valence-electron chi connectivity index (χ2n) is 3.91. The van der Waals surface area contributed by atoms with Crippen LogP contribution in [0.25, 0.3) is 4.96 Å². The number of sulfonamides is 1. The number of nitrogens with two attached hydrogens (primary N) is 1. The summed E-state index contributed by atoms with van der Waals surface area (Å²) in [6.45, 7) is 1.35. The Bertz CT molecular complexity index is 660. The maximum Gasteiger partial charge on any atom is 0.262 e. The van der Waals surface area contributed by atoms with E-state index in [1.165, 1.54) is 22.8 Å². The van der Waals surface area contributed by atoms with E-state index in [1.807, 2.05) is 0 Å². The number of aromatic nitrogens is 2. The van der Waals surface area contributed by atoms with E-state index in [9.17, 15) is 8.42 Å². The number of aliphatic hydroxyl groups is 1. The van der Waals surface area contributed by atoms with Gasteiger partial charge >= 0.3 is 0 Å².